The molecule has 19 heavy (non-hydrogen) atoms. The van der Waals surface area contributed by atoms with Crippen LogP contribution in [0.3, 0.4) is 0 Å². The van der Waals surface area contributed by atoms with Crippen molar-refractivity contribution in [3.05, 3.63) is 27.7 Å². The largest absolute Gasteiger partial charge is 0.503 e. The van der Waals surface area contributed by atoms with Gasteiger partial charge in [-0.15, -0.1) is 0 Å². The van der Waals surface area contributed by atoms with Crippen LogP contribution in [0.15, 0.2) is 10.9 Å². The first-order valence-corrected chi connectivity index (χ1v) is 6.39. The Morgan fingerprint density at radius 2 is 2.05 bits per heavy atom. The third-order valence-electron chi connectivity index (χ3n) is 2.99. The number of nitrogens with zero attached hydrogens (tertiary/aromatic N) is 2. The summed E-state index contributed by atoms with van der Waals surface area (Å²) in [5.41, 5.74) is 0.496. The number of aromatic hydroxyl groups is 1. The smallest absolute Gasteiger partial charge is 0.223 e. The fourth-order valence-electron chi connectivity index (χ4n) is 2.04. The molecule has 1 rings (SSSR count). The highest BCUT2D eigenvalue weighted by Crippen LogP contribution is 2.17. The summed E-state index contributed by atoms with van der Waals surface area (Å²) in [7, 11) is 1.79. The van der Waals surface area contributed by atoms with Crippen LogP contribution >= 0.6 is 0 Å². The zero-order valence-electron chi connectivity index (χ0n) is 11.5. The molecule has 0 radical (unpaired) electrons. The van der Waals surface area contributed by atoms with Crippen LogP contribution in [0, 0.1) is 0 Å². The van der Waals surface area contributed by atoms with Gasteiger partial charge in [0.2, 0.25) is 5.43 Å². The van der Waals surface area contributed by atoms with Crippen molar-refractivity contribution in [1.29, 1.82) is 0 Å². The van der Waals surface area contributed by atoms with Crippen molar-refractivity contribution >= 4 is 0 Å². The minimum Gasteiger partial charge on any atom is -0.503 e. The van der Waals surface area contributed by atoms with Crippen molar-refractivity contribution in [2.45, 2.75) is 33.0 Å². The number of aliphatic hydroxyl groups is 2. The van der Waals surface area contributed by atoms with Gasteiger partial charge >= 0.3 is 0 Å². The van der Waals surface area contributed by atoms with Crippen LogP contribution in [0.2, 0.25) is 0 Å². The summed E-state index contributed by atoms with van der Waals surface area (Å²) in [5.74, 6) is -0.282. The van der Waals surface area contributed by atoms with E-state index >= 15 is 0 Å². The second-order valence-electron chi connectivity index (χ2n) is 4.57. The van der Waals surface area contributed by atoms with Crippen LogP contribution in [0.25, 0.3) is 0 Å². The Bertz CT molecular complexity index is 470. The third kappa shape index (κ3) is 3.79. The summed E-state index contributed by atoms with van der Waals surface area (Å²) in [5, 5.41) is 28.2. The Labute approximate surface area is 112 Å². The number of likely N-dealkylation sites (N-methyl/N-ethyl adjacent to an activating group) is 1. The zero-order chi connectivity index (χ0) is 14.4. The van der Waals surface area contributed by atoms with Gasteiger partial charge in [-0.3, -0.25) is 9.69 Å². The molecule has 0 aliphatic carbocycles. The lowest BCUT2D eigenvalue weighted by Crippen LogP contribution is -2.27. The number of aliphatic hydroxyl groups excluding tert-OH is 2. The van der Waals surface area contributed by atoms with Crippen molar-refractivity contribution < 1.29 is 15.3 Å². The molecule has 0 aliphatic heterocycles. The predicted molar refractivity (Wildman–Crippen MR) is 72.0 cm³/mol. The van der Waals surface area contributed by atoms with E-state index in [1.165, 1.54) is 6.07 Å². The molecule has 3 N–H and O–H groups in total. The highest BCUT2D eigenvalue weighted by atomic mass is 16.3. The molecule has 0 atom stereocenters. The fourth-order valence-corrected chi connectivity index (χ4v) is 2.04. The summed E-state index contributed by atoms with van der Waals surface area (Å²) in [6.45, 7) is 3.16. The molecular formula is C13H22N2O4. The highest BCUT2D eigenvalue weighted by molar-refractivity contribution is 5.30. The van der Waals surface area contributed by atoms with Crippen molar-refractivity contribution in [1.82, 2.24) is 9.47 Å². The first-order chi connectivity index (χ1) is 9.04. The molecule has 0 unspecified atom stereocenters. The van der Waals surface area contributed by atoms with Crippen molar-refractivity contribution in [3.63, 3.8) is 0 Å². The minimum absolute atomic E-state index is 0.00889. The molecule has 0 fully saturated rings. The normalized spacial score (nSPS) is 11.2. The van der Waals surface area contributed by atoms with Gasteiger partial charge in [-0.1, -0.05) is 6.92 Å². The monoisotopic (exact) mass is 270 g/mol. The van der Waals surface area contributed by atoms with E-state index in [9.17, 15) is 15.0 Å². The summed E-state index contributed by atoms with van der Waals surface area (Å²) in [4.78, 5) is 13.5. The quantitative estimate of drug-likeness (QED) is 0.643. The molecule has 6 nitrogen and oxygen atoms in total. The SMILES string of the molecule is CCCn1c(CO)cc(=O)c(O)c1CN(C)CCO. The maximum absolute atomic E-state index is 11.7. The van der Waals surface area contributed by atoms with Gasteiger partial charge in [-0.25, -0.2) is 0 Å². The Morgan fingerprint density at radius 3 is 2.58 bits per heavy atom. The molecule has 0 amide bonds. The van der Waals surface area contributed by atoms with Crippen LogP contribution in [0.1, 0.15) is 24.7 Å². The van der Waals surface area contributed by atoms with Crippen LogP contribution in [0.4, 0.5) is 0 Å². The van der Waals surface area contributed by atoms with Crippen molar-refractivity contribution in [2.75, 3.05) is 20.2 Å². The Hall–Kier alpha value is -1.37. The maximum Gasteiger partial charge on any atom is 0.223 e. The molecule has 1 aromatic heterocycles. The zero-order valence-corrected chi connectivity index (χ0v) is 11.5. The van der Waals surface area contributed by atoms with Gasteiger partial charge in [0.05, 0.1) is 18.9 Å². The van der Waals surface area contributed by atoms with Gasteiger partial charge in [-0.05, 0) is 13.5 Å². The lowest BCUT2D eigenvalue weighted by atomic mass is 10.2. The standard InChI is InChI=1S/C13H22N2O4/c1-3-4-15-10(9-17)7-12(18)13(19)11(15)8-14(2)5-6-16/h7,16-17,19H,3-6,8-9H2,1-2H3. The maximum atomic E-state index is 11.7. The second kappa shape index (κ2) is 7.28. The van der Waals surface area contributed by atoms with Crippen LogP contribution in [0.5, 0.6) is 5.75 Å². The molecule has 1 heterocycles. The van der Waals surface area contributed by atoms with E-state index in [1.807, 2.05) is 11.8 Å². The Balaban J connectivity index is 3.24. The van der Waals surface area contributed by atoms with E-state index in [4.69, 9.17) is 5.11 Å². The molecule has 0 saturated carbocycles. The van der Waals surface area contributed by atoms with Gasteiger partial charge in [0.1, 0.15) is 0 Å². The molecule has 0 spiro atoms. The average molecular weight is 270 g/mol. The van der Waals surface area contributed by atoms with Gasteiger partial charge in [0.25, 0.3) is 0 Å². The molecule has 1 aromatic rings. The molecule has 108 valence electrons. The van der Waals surface area contributed by atoms with Gasteiger partial charge in [0, 0.05) is 31.4 Å². The number of hydrogen-bond acceptors (Lipinski definition) is 5. The number of hydrogen-bond donors (Lipinski definition) is 3. The summed E-state index contributed by atoms with van der Waals surface area (Å²) < 4.78 is 1.77. The van der Waals surface area contributed by atoms with E-state index in [1.54, 1.807) is 11.6 Å². The summed E-state index contributed by atoms with van der Waals surface area (Å²) in [6.07, 6.45) is 0.825. The third-order valence-corrected chi connectivity index (χ3v) is 2.99. The highest BCUT2D eigenvalue weighted by Gasteiger charge is 2.15. The van der Waals surface area contributed by atoms with Gasteiger partial charge in [-0.2, -0.15) is 0 Å². The topological polar surface area (TPSA) is 85.9 Å². The van der Waals surface area contributed by atoms with E-state index in [0.29, 0.717) is 31.0 Å². The second-order valence-corrected chi connectivity index (χ2v) is 4.57. The molecule has 0 saturated heterocycles. The van der Waals surface area contributed by atoms with Crippen LogP contribution in [-0.2, 0) is 19.7 Å². The lowest BCUT2D eigenvalue weighted by molar-refractivity contribution is 0.210. The molecular weight excluding hydrogens is 248 g/mol. The van der Waals surface area contributed by atoms with E-state index in [-0.39, 0.29) is 19.0 Å². The van der Waals surface area contributed by atoms with Crippen LogP contribution in [-0.4, -0.2) is 45.0 Å². The number of pyridine rings is 1. The van der Waals surface area contributed by atoms with Crippen LogP contribution < -0.4 is 5.43 Å². The lowest BCUT2D eigenvalue weighted by Gasteiger charge is -2.22. The number of rotatable bonds is 7. The molecule has 0 aromatic carbocycles. The van der Waals surface area contributed by atoms with E-state index in [0.717, 1.165) is 6.42 Å². The predicted octanol–water partition coefficient (Wildman–Crippen LogP) is -0.120. The fraction of sp³-hybridized carbons (Fsp3) is 0.615. The van der Waals surface area contributed by atoms with E-state index in [2.05, 4.69) is 0 Å². The first-order valence-electron chi connectivity index (χ1n) is 6.39. The Kier molecular flexibility index (Phi) is 6.01. The summed E-state index contributed by atoms with van der Waals surface area (Å²) in [6, 6.07) is 1.26. The molecule has 0 aliphatic rings. The molecule has 6 heteroatoms. The van der Waals surface area contributed by atoms with E-state index < -0.39 is 5.43 Å². The van der Waals surface area contributed by atoms with Gasteiger partial charge in [0.15, 0.2) is 5.75 Å². The number of aromatic nitrogens is 1. The van der Waals surface area contributed by atoms with Crippen molar-refractivity contribution in [2.24, 2.45) is 0 Å². The molecule has 0 bridgehead atoms. The van der Waals surface area contributed by atoms with Gasteiger partial charge < -0.3 is 19.9 Å². The Morgan fingerprint density at radius 1 is 1.37 bits per heavy atom. The first kappa shape index (κ1) is 15.7. The van der Waals surface area contributed by atoms with Crippen molar-refractivity contribution in [3.8, 4) is 5.75 Å². The average Bonchev–Trinajstić information content (AvgIpc) is 2.38. The minimum atomic E-state index is -0.483. The summed E-state index contributed by atoms with van der Waals surface area (Å²) >= 11 is 0.